The van der Waals surface area contributed by atoms with Gasteiger partial charge in [-0.1, -0.05) is 23.7 Å². The molecule has 0 saturated heterocycles. The van der Waals surface area contributed by atoms with Crippen molar-refractivity contribution in [1.82, 2.24) is 0 Å². The van der Waals surface area contributed by atoms with E-state index in [9.17, 15) is 9.18 Å². The van der Waals surface area contributed by atoms with Crippen molar-refractivity contribution in [3.8, 4) is 0 Å². The molecular weight excluding hydrogens is 321 g/mol. The van der Waals surface area contributed by atoms with E-state index in [1.54, 1.807) is 24.3 Å². The number of hydrogen-bond acceptors (Lipinski definition) is 1. The van der Waals surface area contributed by atoms with Crippen molar-refractivity contribution in [3.05, 3.63) is 63.3 Å². The third kappa shape index (κ3) is 2.89. The molecule has 92 valence electrons. The second-order valence-electron chi connectivity index (χ2n) is 3.56. The van der Waals surface area contributed by atoms with E-state index in [-0.39, 0.29) is 11.7 Å². The molecular formula is C13H8BrClFNO. The first-order valence-electron chi connectivity index (χ1n) is 5.09. The van der Waals surface area contributed by atoms with Crippen LogP contribution in [-0.4, -0.2) is 5.91 Å². The number of benzene rings is 2. The SMILES string of the molecule is O=C(Nc1ccc(F)c(Br)c1)c1ccccc1Cl. The molecule has 1 N–H and O–H groups in total. The number of nitrogens with one attached hydrogen (secondary N) is 1. The fourth-order valence-corrected chi connectivity index (χ4v) is 2.02. The molecule has 18 heavy (non-hydrogen) atoms. The zero-order valence-electron chi connectivity index (χ0n) is 9.08. The Kier molecular flexibility index (Phi) is 3.99. The quantitative estimate of drug-likeness (QED) is 0.864. The van der Waals surface area contributed by atoms with Crippen molar-refractivity contribution in [2.75, 3.05) is 5.32 Å². The van der Waals surface area contributed by atoms with Gasteiger partial charge in [-0.15, -0.1) is 0 Å². The van der Waals surface area contributed by atoms with Crippen molar-refractivity contribution in [2.45, 2.75) is 0 Å². The van der Waals surface area contributed by atoms with Crippen LogP contribution in [0.4, 0.5) is 10.1 Å². The third-order valence-electron chi connectivity index (χ3n) is 2.30. The smallest absolute Gasteiger partial charge is 0.257 e. The summed E-state index contributed by atoms with van der Waals surface area (Å²) in [5, 5.41) is 3.02. The minimum Gasteiger partial charge on any atom is -0.322 e. The van der Waals surface area contributed by atoms with Crippen LogP contribution in [0.5, 0.6) is 0 Å². The molecule has 0 aliphatic rings. The van der Waals surface area contributed by atoms with Crippen LogP contribution in [0.15, 0.2) is 46.9 Å². The van der Waals surface area contributed by atoms with E-state index in [1.807, 2.05) is 0 Å². The number of carbonyl (C=O) groups is 1. The van der Waals surface area contributed by atoms with E-state index < -0.39 is 0 Å². The van der Waals surface area contributed by atoms with E-state index in [4.69, 9.17) is 11.6 Å². The lowest BCUT2D eigenvalue weighted by Gasteiger charge is -2.07. The van der Waals surface area contributed by atoms with Crippen LogP contribution in [0, 0.1) is 5.82 Å². The largest absolute Gasteiger partial charge is 0.322 e. The molecule has 0 heterocycles. The summed E-state index contributed by atoms with van der Waals surface area (Å²) >= 11 is 8.97. The molecule has 0 aliphatic heterocycles. The number of carbonyl (C=O) groups excluding carboxylic acids is 1. The van der Waals surface area contributed by atoms with Crippen LogP contribution >= 0.6 is 27.5 Å². The van der Waals surface area contributed by atoms with Gasteiger partial charge in [-0.2, -0.15) is 0 Å². The van der Waals surface area contributed by atoms with E-state index in [1.165, 1.54) is 18.2 Å². The summed E-state index contributed by atoms with van der Waals surface area (Å²) in [4.78, 5) is 11.9. The number of hydrogen-bond donors (Lipinski definition) is 1. The molecule has 0 spiro atoms. The fraction of sp³-hybridized carbons (Fsp3) is 0. The highest BCUT2D eigenvalue weighted by Gasteiger charge is 2.10. The van der Waals surface area contributed by atoms with Gasteiger partial charge in [0.15, 0.2) is 0 Å². The Morgan fingerprint density at radius 3 is 2.61 bits per heavy atom. The molecule has 0 unspecified atom stereocenters. The highest BCUT2D eigenvalue weighted by atomic mass is 79.9. The Morgan fingerprint density at radius 2 is 1.94 bits per heavy atom. The van der Waals surface area contributed by atoms with E-state index in [0.29, 0.717) is 20.7 Å². The molecule has 2 aromatic rings. The van der Waals surface area contributed by atoms with Crippen molar-refractivity contribution >= 4 is 39.1 Å². The van der Waals surface area contributed by atoms with Gasteiger partial charge < -0.3 is 5.32 Å². The topological polar surface area (TPSA) is 29.1 Å². The zero-order chi connectivity index (χ0) is 13.1. The maximum Gasteiger partial charge on any atom is 0.257 e. The molecule has 0 atom stereocenters. The second-order valence-corrected chi connectivity index (χ2v) is 4.82. The first kappa shape index (κ1) is 13.1. The number of rotatable bonds is 2. The molecule has 2 rings (SSSR count). The molecule has 0 bridgehead atoms. The predicted molar refractivity (Wildman–Crippen MR) is 73.5 cm³/mol. The van der Waals surface area contributed by atoms with E-state index in [2.05, 4.69) is 21.2 Å². The molecule has 2 aromatic carbocycles. The lowest BCUT2D eigenvalue weighted by molar-refractivity contribution is 0.102. The van der Waals surface area contributed by atoms with Crippen LogP contribution < -0.4 is 5.32 Å². The number of halogens is 3. The number of amides is 1. The van der Waals surface area contributed by atoms with Crippen molar-refractivity contribution in [3.63, 3.8) is 0 Å². The van der Waals surface area contributed by atoms with Crippen molar-refractivity contribution in [2.24, 2.45) is 0 Å². The average molecular weight is 329 g/mol. The molecule has 0 fully saturated rings. The second kappa shape index (κ2) is 5.50. The van der Waals surface area contributed by atoms with Crippen LogP contribution in [0.1, 0.15) is 10.4 Å². The normalized spacial score (nSPS) is 10.2. The minimum atomic E-state index is -0.384. The summed E-state index contributed by atoms with van der Waals surface area (Å²) in [7, 11) is 0. The van der Waals surface area contributed by atoms with Crippen LogP contribution in [0.25, 0.3) is 0 Å². The summed E-state index contributed by atoms with van der Waals surface area (Å²) in [5.41, 5.74) is 0.868. The summed E-state index contributed by atoms with van der Waals surface area (Å²) in [6, 6.07) is 11.0. The standard InChI is InChI=1S/C13H8BrClFNO/c14-10-7-8(5-6-12(10)16)17-13(18)9-3-1-2-4-11(9)15/h1-7H,(H,17,18). The Labute approximate surface area is 117 Å². The molecule has 0 aliphatic carbocycles. The predicted octanol–water partition coefficient (Wildman–Crippen LogP) is 4.49. The van der Waals surface area contributed by atoms with Crippen molar-refractivity contribution < 1.29 is 9.18 Å². The first-order chi connectivity index (χ1) is 8.58. The Hall–Kier alpha value is -1.39. The maximum absolute atomic E-state index is 13.0. The molecule has 0 radical (unpaired) electrons. The van der Waals surface area contributed by atoms with E-state index >= 15 is 0 Å². The molecule has 0 saturated carbocycles. The zero-order valence-corrected chi connectivity index (χ0v) is 11.4. The summed E-state index contributed by atoms with van der Waals surface area (Å²) < 4.78 is 13.3. The maximum atomic E-state index is 13.0. The monoisotopic (exact) mass is 327 g/mol. The van der Waals surface area contributed by atoms with Gasteiger partial charge in [-0.25, -0.2) is 4.39 Å². The van der Waals surface area contributed by atoms with E-state index in [0.717, 1.165) is 0 Å². The van der Waals surface area contributed by atoms with Gasteiger partial charge in [-0.05, 0) is 46.3 Å². The van der Waals surface area contributed by atoms with Gasteiger partial charge in [-0.3, -0.25) is 4.79 Å². The van der Waals surface area contributed by atoms with Crippen LogP contribution in [-0.2, 0) is 0 Å². The summed E-state index contributed by atoms with van der Waals surface area (Å²) in [6.07, 6.45) is 0. The molecule has 2 nitrogen and oxygen atoms in total. The minimum absolute atomic E-state index is 0.291. The molecule has 1 amide bonds. The highest BCUT2D eigenvalue weighted by Crippen LogP contribution is 2.21. The van der Waals surface area contributed by atoms with Gasteiger partial charge in [0, 0.05) is 5.69 Å². The van der Waals surface area contributed by atoms with Crippen LogP contribution in [0.2, 0.25) is 5.02 Å². The highest BCUT2D eigenvalue weighted by molar-refractivity contribution is 9.10. The van der Waals surface area contributed by atoms with Crippen molar-refractivity contribution in [1.29, 1.82) is 0 Å². The lowest BCUT2D eigenvalue weighted by atomic mass is 10.2. The molecule has 0 aromatic heterocycles. The van der Waals surface area contributed by atoms with Crippen LogP contribution in [0.3, 0.4) is 0 Å². The number of anilines is 1. The Morgan fingerprint density at radius 1 is 1.22 bits per heavy atom. The van der Waals surface area contributed by atoms with Gasteiger partial charge in [0.1, 0.15) is 5.82 Å². The third-order valence-corrected chi connectivity index (χ3v) is 3.23. The van der Waals surface area contributed by atoms with Gasteiger partial charge >= 0.3 is 0 Å². The lowest BCUT2D eigenvalue weighted by Crippen LogP contribution is -2.12. The summed E-state index contributed by atoms with van der Waals surface area (Å²) in [5.74, 6) is -0.718. The van der Waals surface area contributed by atoms with Gasteiger partial charge in [0.05, 0.1) is 15.1 Å². The Bertz CT molecular complexity index is 603. The average Bonchev–Trinajstić information content (AvgIpc) is 2.34. The Balaban J connectivity index is 2.22. The molecule has 5 heteroatoms. The summed E-state index contributed by atoms with van der Waals surface area (Å²) in [6.45, 7) is 0. The van der Waals surface area contributed by atoms with Gasteiger partial charge in [0.25, 0.3) is 5.91 Å². The fourth-order valence-electron chi connectivity index (χ4n) is 1.42. The van der Waals surface area contributed by atoms with Gasteiger partial charge in [0.2, 0.25) is 0 Å². The first-order valence-corrected chi connectivity index (χ1v) is 6.26.